The number of benzene rings is 2. The molecule has 0 spiro atoms. The van der Waals surface area contributed by atoms with Crippen molar-refractivity contribution in [3.05, 3.63) is 60.9 Å². The van der Waals surface area contributed by atoms with Gasteiger partial charge in [-0.3, -0.25) is 0 Å². The zero-order valence-corrected chi connectivity index (χ0v) is 10.7. The molecule has 2 nitrogen and oxygen atoms in total. The zero-order chi connectivity index (χ0) is 13.0. The number of anilines is 1. The van der Waals surface area contributed by atoms with Crippen molar-refractivity contribution >= 4 is 28.1 Å². The molecule has 0 fully saturated rings. The number of halogens is 1. The first kappa shape index (κ1) is 12.5. The molecule has 92 valence electrons. The van der Waals surface area contributed by atoms with Crippen LogP contribution in [0.3, 0.4) is 0 Å². The van der Waals surface area contributed by atoms with Crippen LogP contribution in [-0.2, 0) is 0 Å². The van der Waals surface area contributed by atoms with E-state index >= 15 is 0 Å². The van der Waals surface area contributed by atoms with Crippen LogP contribution in [0.15, 0.2) is 60.9 Å². The van der Waals surface area contributed by atoms with Crippen LogP contribution in [0.5, 0.6) is 5.75 Å². The maximum atomic E-state index is 5.95. The van der Waals surface area contributed by atoms with Gasteiger partial charge in [0, 0.05) is 5.88 Å². The van der Waals surface area contributed by atoms with E-state index in [1.54, 1.807) is 12.2 Å². The summed E-state index contributed by atoms with van der Waals surface area (Å²) >= 11 is 5.55. The van der Waals surface area contributed by atoms with Crippen molar-refractivity contribution in [3.63, 3.8) is 0 Å². The fourth-order valence-electron chi connectivity index (χ4n) is 1.68. The highest BCUT2D eigenvalue weighted by Crippen LogP contribution is 2.29. The van der Waals surface area contributed by atoms with E-state index in [2.05, 4.69) is 6.58 Å². The lowest BCUT2D eigenvalue weighted by Gasteiger charge is -2.09. The summed E-state index contributed by atoms with van der Waals surface area (Å²) < 4.78 is 5.59. The van der Waals surface area contributed by atoms with Crippen LogP contribution < -0.4 is 10.5 Å². The fourth-order valence-corrected chi connectivity index (χ4v) is 1.77. The molecule has 0 aromatic heterocycles. The van der Waals surface area contributed by atoms with Gasteiger partial charge in [0.25, 0.3) is 0 Å². The normalized spacial score (nSPS) is 10.9. The standard InChI is InChI=1S/C15H14ClNO/c1-11(5-4-8-16)18-15-10-13-7-3-2-6-12(13)9-14(15)17/h2-7,9-10H,1,8,17H2/b5-4-. The van der Waals surface area contributed by atoms with Gasteiger partial charge in [-0.2, -0.15) is 0 Å². The van der Waals surface area contributed by atoms with Crippen LogP contribution in [0, 0.1) is 0 Å². The molecular weight excluding hydrogens is 246 g/mol. The predicted octanol–water partition coefficient (Wildman–Crippen LogP) is 4.11. The molecule has 2 aromatic carbocycles. The topological polar surface area (TPSA) is 35.2 Å². The number of nitrogen functional groups attached to an aromatic ring is 1. The minimum Gasteiger partial charge on any atom is -0.456 e. The van der Waals surface area contributed by atoms with E-state index in [0.29, 0.717) is 23.1 Å². The van der Waals surface area contributed by atoms with Gasteiger partial charge in [0.15, 0.2) is 5.75 Å². The first-order chi connectivity index (χ1) is 8.70. The van der Waals surface area contributed by atoms with Gasteiger partial charge in [-0.05, 0) is 29.0 Å². The van der Waals surface area contributed by atoms with E-state index in [1.807, 2.05) is 36.4 Å². The number of allylic oxidation sites excluding steroid dienone is 2. The van der Waals surface area contributed by atoms with Crippen LogP contribution in [0.4, 0.5) is 5.69 Å². The van der Waals surface area contributed by atoms with Gasteiger partial charge in [-0.25, -0.2) is 0 Å². The van der Waals surface area contributed by atoms with Gasteiger partial charge in [0.05, 0.1) is 5.69 Å². The van der Waals surface area contributed by atoms with Crippen LogP contribution in [0.25, 0.3) is 10.8 Å². The molecule has 0 unspecified atom stereocenters. The highest BCUT2D eigenvalue weighted by atomic mass is 35.5. The summed E-state index contributed by atoms with van der Waals surface area (Å²) in [5.41, 5.74) is 6.54. The van der Waals surface area contributed by atoms with Gasteiger partial charge in [0.2, 0.25) is 0 Å². The molecule has 0 saturated heterocycles. The second kappa shape index (κ2) is 5.61. The Morgan fingerprint density at radius 1 is 1.28 bits per heavy atom. The molecule has 0 heterocycles. The van der Waals surface area contributed by atoms with E-state index in [-0.39, 0.29) is 0 Å². The lowest BCUT2D eigenvalue weighted by Crippen LogP contribution is -1.96. The Hall–Kier alpha value is -1.93. The Labute approximate surface area is 111 Å². The average Bonchev–Trinajstić information content (AvgIpc) is 2.37. The van der Waals surface area contributed by atoms with E-state index in [0.717, 1.165) is 10.8 Å². The van der Waals surface area contributed by atoms with Crippen molar-refractivity contribution in [2.45, 2.75) is 0 Å². The van der Waals surface area contributed by atoms with E-state index in [9.17, 15) is 0 Å². The third-order valence-electron chi connectivity index (χ3n) is 2.51. The van der Waals surface area contributed by atoms with Crippen molar-refractivity contribution in [3.8, 4) is 5.75 Å². The largest absolute Gasteiger partial charge is 0.456 e. The van der Waals surface area contributed by atoms with Gasteiger partial charge in [-0.1, -0.05) is 36.9 Å². The molecule has 0 radical (unpaired) electrons. The van der Waals surface area contributed by atoms with Crippen LogP contribution in [0.1, 0.15) is 0 Å². The summed E-state index contributed by atoms with van der Waals surface area (Å²) in [5.74, 6) is 1.55. The third kappa shape index (κ3) is 2.84. The zero-order valence-electron chi connectivity index (χ0n) is 9.90. The molecule has 0 amide bonds. The van der Waals surface area contributed by atoms with Crippen LogP contribution >= 0.6 is 11.6 Å². The van der Waals surface area contributed by atoms with Crippen molar-refractivity contribution in [2.24, 2.45) is 0 Å². The highest BCUT2D eigenvalue weighted by molar-refractivity contribution is 6.18. The van der Waals surface area contributed by atoms with Gasteiger partial charge in [-0.15, -0.1) is 11.6 Å². The molecule has 0 atom stereocenters. The van der Waals surface area contributed by atoms with Crippen molar-refractivity contribution in [1.29, 1.82) is 0 Å². The number of alkyl halides is 1. The number of rotatable bonds is 4. The summed E-state index contributed by atoms with van der Waals surface area (Å²) in [7, 11) is 0. The minimum absolute atomic E-state index is 0.426. The van der Waals surface area contributed by atoms with Gasteiger partial charge < -0.3 is 10.5 Å². The van der Waals surface area contributed by atoms with Crippen molar-refractivity contribution in [2.75, 3.05) is 11.6 Å². The van der Waals surface area contributed by atoms with Crippen molar-refractivity contribution < 1.29 is 4.74 Å². The monoisotopic (exact) mass is 259 g/mol. The SMILES string of the molecule is C=C(/C=C\CCl)Oc1cc2ccccc2cc1N. The molecule has 0 bridgehead atoms. The Morgan fingerprint density at radius 2 is 1.94 bits per heavy atom. The molecule has 0 aliphatic carbocycles. The smallest absolute Gasteiger partial charge is 0.150 e. The first-order valence-corrected chi connectivity index (χ1v) is 6.11. The summed E-state index contributed by atoms with van der Waals surface area (Å²) in [5, 5.41) is 2.17. The molecule has 3 heteroatoms. The van der Waals surface area contributed by atoms with E-state index in [4.69, 9.17) is 22.1 Å². The summed E-state index contributed by atoms with van der Waals surface area (Å²) in [6.45, 7) is 3.79. The summed E-state index contributed by atoms with van der Waals surface area (Å²) in [6.07, 6.45) is 3.49. The van der Waals surface area contributed by atoms with E-state index in [1.165, 1.54) is 0 Å². The second-order valence-corrected chi connectivity index (χ2v) is 4.17. The summed E-state index contributed by atoms with van der Waals surface area (Å²) in [6, 6.07) is 11.8. The Bertz CT molecular complexity index is 604. The summed E-state index contributed by atoms with van der Waals surface area (Å²) in [4.78, 5) is 0. The van der Waals surface area contributed by atoms with Gasteiger partial charge >= 0.3 is 0 Å². The molecule has 2 rings (SSSR count). The quantitative estimate of drug-likeness (QED) is 0.388. The molecule has 0 saturated carbocycles. The molecule has 18 heavy (non-hydrogen) atoms. The van der Waals surface area contributed by atoms with Crippen molar-refractivity contribution in [1.82, 2.24) is 0 Å². The van der Waals surface area contributed by atoms with Gasteiger partial charge in [0.1, 0.15) is 5.76 Å². The lowest BCUT2D eigenvalue weighted by atomic mass is 10.1. The lowest BCUT2D eigenvalue weighted by molar-refractivity contribution is 0.450. The van der Waals surface area contributed by atoms with Crippen LogP contribution in [0.2, 0.25) is 0 Å². The molecular formula is C15H14ClNO. The molecule has 2 N–H and O–H groups in total. The Kier molecular flexibility index (Phi) is 3.90. The number of ether oxygens (including phenoxy) is 1. The molecule has 2 aromatic rings. The highest BCUT2D eigenvalue weighted by Gasteiger charge is 2.04. The molecule has 0 aliphatic rings. The second-order valence-electron chi connectivity index (χ2n) is 3.86. The fraction of sp³-hybridized carbons (Fsp3) is 0.0667. The first-order valence-electron chi connectivity index (χ1n) is 5.58. The number of nitrogens with two attached hydrogens (primary N) is 1. The molecule has 0 aliphatic heterocycles. The predicted molar refractivity (Wildman–Crippen MR) is 78.0 cm³/mol. The Morgan fingerprint density at radius 3 is 2.61 bits per heavy atom. The third-order valence-corrected chi connectivity index (χ3v) is 2.69. The Balaban J connectivity index is 2.30. The maximum absolute atomic E-state index is 5.95. The maximum Gasteiger partial charge on any atom is 0.150 e. The average molecular weight is 260 g/mol. The number of fused-ring (bicyclic) bond motifs is 1. The number of hydrogen-bond acceptors (Lipinski definition) is 2. The minimum atomic E-state index is 0.426. The van der Waals surface area contributed by atoms with E-state index < -0.39 is 0 Å². The number of hydrogen-bond donors (Lipinski definition) is 1. The van der Waals surface area contributed by atoms with Crippen LogP contribution in [-0.4, -0.2) is 5.88 Å².